The van der Waals surface area contributed by atoms with Crippen LogP contribution < -0.4 is 10.6 Å². The Kier molecular flexibility index (Phi) is 12.8. The van der Waals surface area contributed by atoms with E-state index in [9.17, 15) is 0 Å². The summed E-state index contributed by atoms with van der Waals surface area (Å²) < 4.78 is 0. The van der Waals surface area contributed by atoms with Gasteiger partial charge in [-0.15, -0.1) is 6.42 Å². The fourth-order valence-electron chi connectivity index (χ4n) is 3.52. The largest absolute Gasteiger partial charge is 0.376 e. The van der Waals surface area contributed by atoms with Crippen LogP contribution in [0, 0.1) is 23.7 Å². The monoisotopic (exact) mass is 434 g/mol. The summed E-state index contributed by atoms with van der Waals surface area (Å²) in [5.74, 6) is 3.03. The van der Waals surface area contributed by atoms with Gasteiger partial charge in [0.1, 0.15) is 0 Å². The van der Waals surface area contributed by atoms with Crippen LogP contribution >= 0.6 is 0 Å². The lowest BCUT2D eigenvalue weighted by molar-refractivity contribution is 0.288. The van der Waals surface area contributed by atoms with Crippen molar-refractivity contribution in [3.63, 3.8) is 0 Å². The highest BCUT2D eigenvalue weighted by Gasteiger charge is 2.22. The zero-order valence-electron chi connectivity index (χ0n) is 21.5. The Morgan fingerprint density at radius 3 is 2.25 bits per heavy atom. The Hall–Kier alpha value is -2.24. The van der Waals surface area contributed by atoms with Crippen LogP contribution in [0.4, 0.5) is 0 Å². The molecule has 0 fully saturated rings. The zero-order valence-corrected chi connectivity index (χ0v) is 21.5. The molecular weight excluding hydrogens is 388 g/mol. The molecule has 176 valence electrons. The van der Waals surface area contributed by atoms with Crippen molar-refractivity contribution >= 4 is 0 Å². The minimum absolute atomic E-state index is 0.236. The van der Waals surface area contributed by atoms with Gasteiger partial charge in [-0.1, -0.05) is 82.5 Å². The second-order valence-electron chi connectivity index (χ2n) is 10.1. The number of nitrogens with one attached hydrogen (secondary N) is 2. The Labute approximate surface area is 198 Å². The van der Waals surface area contributed by atoms with Crippen LogP contribution in [-0.2, 0) is 12.8 Å². The first-order chi connectivity index (χ1) is 15.1. The molecule has 1 rings (SSSR count). The van der Waals surface area contributed by atoms with Crippen molar-refractivity contribution in [3.05, 3.63) is 71.0 Å². The topological polar surface area (TPSA) is 24.1 Å². The van der Waals surface area contributed by atoms with Crippen molar-refractivity contribution in [2.75, 3.05) is 13.2 Å². The molecule has 0 amide bonds. The molecule has 1 aromatic rings. The zero-order chi connectivity index (χ0) is 24.0. The molecule has 0 heterocycles. The molecule has 0 bridgehead atoms. The number of terminal acetylenes is 1. The Morgan fingerprint density at radius 2 is 1.69 bits per heavy atom. The Balaban J connectivity index is 2.23. The maximum absolute atomic E-state index is 5.33. The van der Waals surface area contributed by atoms with Crippen molar-refractivity contribution in [2.45, 2.75) is 80.1 Å². The third-order valence-electron chi connectivity index (χ3n) is 6.31. The van der Waals surface area contributed by atoms with Crippen molar-refractivity contribution in [3.8, 4) is 12.3 Å². The minimum atomic E-state index is 0.236. The molecule has 2 N–H and O–H groups in total. The number of aryl methyl sites for hydroxylation is 1. The van der Waals surface area contributed by atoms with Crippen molar-refractivity contribution in [1.82, 2.24) is 10.6 Å². The first-order valence-corrected chi connectivity index (χ1v) is 12.2. The van der Waals surface area contributed by atoms with Crippen molar-refractivity contribution in [1.29, 1.82) is 0 Å². The molecule has 1 unspecified atom stereocenters. The SMILES string of the molecule is C#C/C=C\C(CCCCCc1ccc(CCNCNC(=C)C(C)C(C)(C)C)cc1)=C(C)C. The molecule has 0 aliphatic heterocycles. The van der Waals surface area contributed by atoms with Crippen LogP contribution in [0.15, 0.2) is 59.8 Å². The molecule has 0 aromatic heterocycles. The first-order valence-electron chi connectivity index (χ1n) is 12.2. The summed E-state index contributed by atoms with van der Waals surface area (Å²) in [7, 11) is 0. The summed E-state index contributed by atoms with van der Waals surface area (Å²) in [6.07, 6.45) is 16.2. The van der Waals surface area contributed by atoms with Gasteiger partial charge in [-0.05, 0) is 74.1 Å². The highest BCUT2D eigenvalue weighted by molar-refractivity contribution is 5.28. The molecule has 0 spiro atoms. The van der Waals surface area contributed by atoms with E-state index in [1.165, 1.54) is 41.5 Å². The molecule has 0 saturated heterocycles. The van der Waals surface area contributed by atoms with Crippen LogP contribution in [0.1, 0.15) is 78.4 Å². The second-order valence-corrected chi connectivity index (χ2v) is 10.1. The van der Waals surface area contributed by atoms with Gasteiger partial charge in [0.25, 0.3) is 0 Å². The van der Waals surface area contributed by atoms with E-state index in [1.807, 2.05) is 0 Å². The smallest absolute Gasteiger partial charge is 0.0650 e. The van der Waals surface area contributed by atoms with Crippen molar-refractivity contribution in [2.24, 2.45) is 11.3 Å². The maximum atomic E-state index is 5.33. The van der Waals surface area contributed by atoms with E-state index >= 15 is 0 Å². The summed E-state index contributed by atoms with van der Waals surface area (Å²) in [6.45, 7) is 19.2. The van der Waals surface area contributed by atoms with Gasteiger partial charge in [0.05, 0.1) is 6.67 Å². The fourth-order valence-corrected chi connectivity index (χ4v) is 3.52. The van der Waals surface area contributed by atoms with Crippen LogP contribution in [0.3, 0.4) is 0 Å². The van der Waals surface area contributed by atoms with Gasteiger partial charge in [0.2, 0.25) is 0 Å². The molecular formula is C30H46N2. The van der Waals surface area contributed by atoms with E-state index in [0.717, 1.165) is 38.2 Å². The van der Waals surface area contributed by atoms with Crippen LogP contribution in [-0.4, -0.2) is 13.2 Å². The van der Waals surface area contributed by atoms with Crippen molar-refractivity contribution < 1.29 is 0 Å². The van der Waals surface area contributed by atoms with Gasteiger partial charge in [-0.25, -0.2) is 0 Å². The molecule has 0 aliphatic carbocycles. The van der Waals surface area contributed by atoms with Crippen LogP contribution in [0.5, 0.6) is 0 Å². The quantitative estimate of drug-likeness (QED) is 0.140. The third-order valence-corrected chi connectivity index (χ3v) is 6.31. The first kappa shape index (κ1) is 27.8. The summed E-state index contributed by atoms with van der Waals surface area (Å²) in [6, 6.07) is 9.13. The standard InChI is InChI=1S/C30H46N2/c1-9-10-15-29(24(2)3)16-13-11-12-14-27-17-19-28(20-18-27)21-22-31-23-32-26(5)25(4)30(6,7)8/h1,10,15,17-20,25,31-32H,5,11-14,16,21-23H2,2-4,6-8H3/b15-10-. The van der Waals surface area contributed by atoms with E-state index < -0.39 is 0 Å². The van der Waals surface area contributed by atoms with Gasteiger partial charge in [-0.3, -0.25) is 5.32 Å². The lowest BCUT2D eigenvalue weighted by Crippen LogP contribution is -2.34. The number of allylic oxidation sites excluding steroid dienone is 5. The van der Waals surface area contributed by atoms with Gasteiger partial charge >= 0.3 is 0 Å². The second kappa shape index (κ2) is 14.8. The average Bonchev–Trinajstić information content (AvgIpc) is 2.74. The Bertz CT molecular complexity index is 778. The third kappa shape index (κ3) is 11.4. The van der Waals surface area contributed by atoms with E-state index in [2.05, 4.69) is 95.0 Å². The van der Waals surface area contributed by atoms with E-state index in [-0.39, 0.29) is 5.41 Å². The lowest BCUT2D eigenvalue weighted by atomic mass is 9.80. The minimum Gasteiger partial charge on any atom is -0.376 e. The van der Waals surface area contributed by atoms with Crippen LogP contribution in [0.2, 0.25) is 0 Å². The molecule has 2 heteroatoms. The molecule has 32 heavy (non-hydrogen) atoms. The van der Waals surface area contributed by atoms with E-state index in [1.54, 1.807) is 6.08 Å². The maximum Gasteiger partial charge on any atom is 0.0650 e. The number of hydrogen-bond donors (Lipinski definition) is 2. The molecule has 0 radical (unpaired) electrons. The fraction of sp³-hybridized carbons (Fsp3) is 0.533. The number of rotatable bonds is 14. The van der Waals surface area contributed by atoms with Gasteiger partial charge < -0.3 is 5.32 Å². The predicted octanol–water partition coefficient (Wildman–Crippen LogP) is 7.19. The molecule has 0 aliphatic rings. The summed E-state index contributed by atoms with van der Waals surface area (Å²) in [5.41, 5.74) is 6.91. The molecule has 0 saturated carbocycles. The summed E-state index contributed by atoms with van der Waals surface area (Å²) in [4.78, 5) is 0. The normalized spacial score (nSPS) is 12.4. The summed E-state index contributed by atoms with van der Waals surface area (Å²) in [5, 5.41) is 6.89. The lowest BCUT2D eigenvalue weighted by Gasteiger charge is -2.29. The predicted molar refractivity (Wildman–Crippen MR) is 142 cm³/mol. The number of unbranched alkanes of at least 4 members (excludes halogenated alkanes) is 2. The van der Waals surface area contributed by atoms with Gasteiger partial charge in [0, 0.05) is 18.2 Å². The highest BCUT2D eigenvalue weighted by atomic mass is 15.1. The van der Waals surface area contributed by atoms with Gasteiger partial charge in [-0.2, -0.15) is 0 Å². The Morgan fingerprint density at radius 1 is 1.06 bits per heavy atom. The highest BCUT2D eigenvalue weighted by Crippen LogP contribution is 2.29. The van der Waals surface area contributed by atoms with E-state index in [4.69, 9.17) is 6.42 Å². The number of benzene rings is 1. The van der Waals surface area contributed by atoms with Gasteiger partial charge in [0.15, 0.2) is 0 Å². The van der Waals surface area contributed by atoms with Crippen LogP contribution in [0.25, 0.3) is 0 Å². The van der Waals surface area contributed by atoms with E-state index in [0.29, 0.717) is 5.92 Å². The summed E-state index contributed by atoms with van der Waals surface area (Å²) >= 11 is 0. The molecule has 1 aromatic carbocycles. The average molecular weight is 435 g/mol. The molecule has 1 atom stereocenters. The number of hydrogen-bond acceptors (Lipinski definition) is 2. The molecule has 2 nitrogen and oxygen atoms in total.